The number of rotatable bonds is 1. The van der Waals surface area contributed by atoms with Gasteiger partial charge in [-0.1, -0.05) is 30.3 Å². The van der Waals surface area contributed by atoms with Gasteiger partial charge in [-0.2, -0.15) is 0 Å². The molecule has 2 N–H and O–H groups in total. The molecule has 3 heterocycles. The summed E-state index contributed by atoms with van der Waals surface area (Å²) in [6, 6.07) is 12.5. The molecule has 0 atom stereocenters. The molecule has 0 bridgehead atoms. The molecule has 5 rings (SSSR count). The summed E-state index contributed by atoms with van der Waals surface area (Å²) in [6.07, 6.45) is 2.93. The molecule has 0 aliphatic heterocycles. The van der Waals surface area contributed by atoms with Crippen LogP contribution in [0.5, 0.6) is 0 Å². The van der Waals surface area contributed by atoms with Crippen molar-refractivity contribution in [2.75, 3.05) is 0 Å². The second kappa shape index (κ2) is 6.00. The number of hydrogen-bond donors (Lipinski definition) is 2. The van der Waals surface area contributed by atoms with E-state index in [0.29, 0.717) is 15.8 Å². The lowest BCUT2D eigenvalue weighted by molar-refractivity contribution is 0.816. The standard InChI is InChI=1S/C20H15N3OS2/c24-19-17-16(14-9-4-10-26-14)15-12-7-2-1-5-11(12)6-3-8-13(15)21-18(17)22-20(25)23-19/h1-2,4-5,7,9-10H,3,6,8H2,(H2,21,22,23,24,25). The van der Waals surface area contributed by atoms with Crippen LogP contribution in [-0.4, -0.2) is 15.0 Å². The van der Waals surface area contributed by atoms with Crippen LogP contribution < -0.4 is 5.56 Å². The number of aryl methyl sites for hydroxylation is 2. The molecule has 1 aromatic carbocycles. The lowest BCUT2D eigenvalue weighted by Gasteiger charge is -2.16. The Hall–Kier alpha value is -2.57. The number of hydrogen-bond acceptors (Lipinski definition) is 4. The number of H-pyrrole nitrogens is 2. The summed E-state index contributed by atoms with van der Waals surface area (Å²) in [6.45, 7) is 0. The average molecular weight is 377 g/mol. The summed E-state index contributed by atoms with van der Waals surface area (Å²) in [5.74, 6) is 0. The highest BCUT2D eigenvalue weighted by Crippen LogP contribution is 2.42. The second-order valence-electron chi connectivity index (χ2n) is 6.43. The normalized spacial score (nSPS) is 13.2. The van der Waals surface area contributed by atoms with Gasteiger partial charge in [-0.25, -0.2) is 4.98 Å². The number of thiophene rings is 1. The molecular formula is C20H15N3OS2. The molecule has 26 heavy (non-hydrogen) atoms. The zero-order valence-electron chi connectivity index (χ0n) is 13.8. The molecule has 0 saturated carbocycles. The number of nitrogens with zero attached hydrogens (tertiary/aromatic N) is 1. The number of aromatic amines is 2. The molecule has 4 aromatic rings. The highest BCUT2D eigenvalue weighted by Gasteiger charge is 2.24. The molecule has 128 valence electrons. The van der Waals surface area contributed by atoms with Crippen LogP contribution in [0.3, 0.4) is 0 Å². The molecule has 0 fully saturated rings. The molecular weight excluding hydrogens is 362 g/mol. The monoisotopic (exact) mass is 377 g/mol. The van der Waals surface area contributed by atoms with Crippen molar-refractivity contribution in [2.45, 2.75) is 19.3 Å². The molecule has 4 nitrogen and oxygen atoms in total. The van der Waals surface area contributed by atoms with Crippen LogP contribution in [0.25, 0.3) is 32.6 Å². The summed E-state index contributed by atoms with van der Waals surface area (Å²) in [7, 11) is 0. The van der Waals surface area contributed by atoms with Gasteiger partial charge in [-0.15, -0.1) is 11.3 Å². The van der Waals surface area contributed by atoms with Gasteiger partial charge >= 0.3 is 0 Å². The van der Waals surface area contributed by atoms with Gasteiger partial charge in [-0.3, -0.25) is 9.78 Å². The zero-order chi connectivity index (χ0) is 17.7. The summed E-state index contributed by atoms with van der Waals surface area (Å²) in [5, 5.41) is 2.62. The van der Waals surface area contributed by atoms with Crippen molar-refractivity contribution >= 4 is 34.6 Å². The fourth-order valence-corrected chi connectivity index (χ4v) is 4.79. The van der Waals surface area contributed by atoms with E-state index in [9.17, 15) is 4.79 Å². The third kappa shape index (κ3) is 2.37. The Morgan fingerprint density at radius 2 is 1.92 bits per heavy atom. The Kier molecular flexibility index (Phi) is 3.62. The minimum atomic E-state index is -0.191. The summed E-state index contributed by atoms with van der Waals surface area (Å²) in [4.78, 5) is 24.5. The highest BCUT2D eigenvalue weighted by molar-refractivity contribution is 7.71. The maximum absolute atomic E-state index is 12.8. The van der Waals surface area contributed by atoms with E-state index in [1.54, 1.807) is 11.3 Å². The third-order valence-electron chi connectivity index (χ3n) is 4.87. The molecule has 0 amide bonds. The van der Waals surface area contributed by atoms with E-state index in [2.05, 4.69) is 40.3 Å². The van der Waals surface area contributed by atoms with Gasteiger partial charge in [0.2, 0.25) is 0 Å². The van der Waals surface area contributed by atoms with E-state index in [4.69, 9.17) is 17.2 Å². The quantitative estimate of drug-likeness (QED) is 0.466. The van der Waals surface area contributed by atoms with E-state index in [1.807, 2.05) is 11.4 Å². The number of fused-ring (bicyclic) bond motifs is 4. The van der Waals surface area contributed by atoms with Gasteiger partial charge in [0.25, 0.3) is 5.56 Å². The first-order chi connectivity index (χ1) is 12.7. The van der Waals surface area contributed by atoms with Crippen molar-refractivity contribution in [3.8, 4) is 21.6 Å². The number of aromatic nitrogens is 3. The Morgan fingerprint density at radius 3 is 2.77 bits per heavy atom. The Morgan fingerprint density at radius 1 is 1.04 bits per heavy atom. The van der Waals surface area contributed by atoms with Crippen LogP contribution in [0.1, 0.15) is 17.7 Å². The van der Waals surface area contributed by atoms with Crippen molar-refractivity contribution in [1.82, 2.24) is 15.0 Å². The third-order valence-corrected chi connectivity index (χ3v) is 5.96. The van der Waals surface area contributed by atoms with Gasteiger partial charge in [0.1, 0.15) is 5.65 Å². The van der Waals surface area contributed by atoms with E-state index in [1.165, 1.54) is 11.1 Å². The topological polar surface area (TPSA) is 61.5 Å². The second-order valence-corrected chi connectivity index (χ2v) is 7.78. The van der Waals surface area contributed by atoms with E-state index >= 15 is 0 Å². The first-order valence-electron chi connectivity index (χ1n) is 8.54. The van der Waals surface area contributed by atoms with Crippen molar-refractivity contribution in [3.05, 3.63) is 68.2 Å². The van der Waals surface area contributed by atoms with E-state index in [-0.39, 0.29) is 5.56 Å². The van der Waals surface area contributed by atoms with Crippen LogP contribution in [0.2, 0.25) is 0 Å². The van der Waals surface area contributed by atoms with Crippen LogP contribution in [0, 0.1) is 4.77 Å². The lowest BCUT2D eigenvalue weighted by Crippen LogP contribution is -2.12. The summed E-state index contributed by atoms with van der Waals surface area (Å²) in [5.41, 5.74) is 5.95. The molecule has 0 radical (unpaired) electrons. The largest absolute Gasteiger partial charge is 0.316 e. The number of nitrogens with one attached hydrogen (secondary N) is 2. The predicted molar refractivity (Wildman–Crippen MR) is 108 cm³/mol. The Bertz CT molecular complexity index is 1250. The Balaban J connectivity index is 2.03. The van der Waals surface area contributed by atoms with Gasteiger partial charge in [0.15, 0.2) is 4.77 Å². The number of pyridine rings is 1. The molecule has 1 aliphatic carbocycles. The lowest BCUT2D eigenvalue weighted by atomic mass is 9.92. The first kappa shape index (κ1) is 15.7. The minimum Gasteiger partial charge on any atom is -0.316 e. The minimum absolute atomic E-state index is 0.191. The summed E-state index contributed by atoms with van der Waals surface area (Å²) < 4.78 is 0.307. The van der Waals surface area contributed by atoms with Crippen LogP contribution in [0.4, 0.5) is 0 Å². The van der Waals surface area contributed by atoms with Crippen LogP contribution in [-0.2, 0) is 12.8 Å². The molecule has 0 spiro atoms. The predicted octanol–water partition coefficient (Wildman–Crippen LogP) is 4.86. The SMILES string of the molecule is O=c1[nH]c(=S)[nH]c2nc3c(c(-c4cccs4)c12)-c1ccccc1CCC3. The zero-order valence-corrected chi connectivity index (χ0v) is 15.5. The van der Waals surface area contributed by atoms with E-state index in [0.717, 1.165) is 41.0 Å². The molecule has 0 unspecified atom stereocenters. The fraction of sp³-hybridized carbons (Fsp3) is 0.150. The fourth-order valence-electron chi connectivity index (χ4n) is 3.82. The van der Waals surface area contributed by atoms with Gasteiger partial charge < -0.3 is 4.98 Å². The average Bonchev–Trinajstić information content (AvgIpc) is 3.09. The van der Waals surface area contributed by atoms with Gasteiger partial charge in [0, 0.05) is 16.0 Å². The highest BCUT2D eigenvalue weighted by atomic mass is 32.1. The van der Waals surface area contributed by atoms with Crippen molar-refractivity contribution in [3.63, 3.8) is 0 Å². The Labute approximate surface area is 158 Å². The van der Waals surface area contributed by atoms with Gasteiger partial charge in [0.05, 0.1) is 11.1 Å². The maximum Gasteiger partial charge on any atom is 0.261 e. The first-order valence-corrected chi connectivity index (χ1v) is 9.82. The van der Waals surface area contributed by atoms with Crippen molar-refractivity contribution in [1.29, 1.82) is 0 Å². The molecule has 1 aliphatic rings. The van der Waals surface area contributed by atoms with Crippen molar-refractivity contribution < 1.29 is 0 Å². The molecule has 6 heteroatoms. The molecule has 0 saturated heterocycles. The molecule has 3 aromatic heterocycles. The smallest absolute Gasteiger partial charge is 0.261 e. The number of benzene rings is 1. The van der Waals surface area contributed by atoms with Gasteiger partial charge in [-0.05, 0) is 54.1 Å². The van der Waals surface area contributed by atoms with E-state index < -0.39 is 0 Å². The van der Waals surface area contributed by atoms with Crippen molar-refractivity contribution in [2.24, 2.45) is 0 Å². The summed E-state index contributed by atoms with van der Waals surface area (Å²) >= 11 is 6.80. The van der Waals surface area contributed by atoms with Crippen LogP contribution in [0.15, 0.2) is 46.6 Å². The maximum atomic E-state index is 12.8. The van der Waals surface area contributed by atoms with Crippen LogP contribution >= 0.6 is 23.6 Å².